The summed E-state index contributed by atoms with van der Waals surface area (Å²) in [6, 6.07) is 0.323. The lowest BCUT2D eigenvalue weighted by molar-refractivity contribution is -0.142. The Morgan fingerprint density at radius 1 is 1.00 bits per heavy atom. The Morgan fingerprint density at radius 2 is 1.50 bits per heavy atom. The van der Waals surface area contributed by atoms with Gasteiger partial charge in [0.25, 0.3) is 0 Å². The minimum absolute atomic E-state index is 0.0723. The van der Waals surface area contributed by atoms with Crippen molar-refractivity contribution in [2.24, 2.45) is 5.73 Å². The first-order chi connectivity index (χ1) is 7.94. The maximum absolute atomic E-state index is 12.5. The Bertz CT molecular complexity index is 491. The molecule has 9 heteroatoms. The molecule has 0 unspecified atom stereocenters. The molecule has 0 aromatic heterocycles. The SMILES string of the molecule is NC(=S)c1cc(C(F)(F)F)cc(C(F)(F)F)c1N. The number of halogens is 6. The third-order valence-corrected chi connectivity index (χ3v) is 2.30. The van der Waals surface area contributed by atoms with Crippen LogP contribution in [0.3, 0.4) is 0 Å². The van der Waals surface area contributed by atoms with Crippen molar-refractivity contribution < 1.29 is 26.3 Å². The number of rotatable bonds is 1. The van der Waals surface area contributed by atoms with E-state index in [1.165, 1.54) is 0 Å². The molecule has 0 aliphatic rings. The fourth-order valence-corrected chi connectivity index (χ4v) is 1.42. The van der Waals surface area contributed by atoms with Crippen LogP contribution in [0, 0.1) is 0 Å². The molecule has 0 saturated carbocycles. The van der Waals surface area contributed by atoms with Crippen LogP contribution in [-0.4, -0.2) is 4.99 Å². The number of nitrogens with two attached hydrogens (primary N) is 2. The van der Waals surface area contributed by atoms with Gasteiger partial charge >= 0.3 is 12.4 Å². The standard InChI is InChI=1S/C9H6F6N2S/c10-8(11,12)3-1-4(7(17)18)6(16)5(2-3)9(13,14)15/h1-2H,16H2,(H2,17,18). The number of anilines is 1. The quantitative estimate of drug-likeness (QED) is 0.474. The molecule has 0 radical (unpaired) electrons. The van der Waals surface area contributed by atoms with Crippen LogP contribution >= 0.6 is 12.2 Å². The lowest BCUT2D eigenvalue weighted by atomic mass is 10.0. The highest BCUT2D eigenvalue weighted by Gasteiger charge is 2.39. The number of benzene rings is 1. The zero-order chi connectivity index (χ0) is 14.3. The monoisotopic (exact) mass is 288 g/mol. The second-order valence-electron chi connectivity index (χ2n) is 3.34. The molecule has 0 aliphatic heterocycles. The van der Waals surface area contributed by atoms with Gasteiger partial charge in [-0.15, -0.1) is 0 Å². The van der Waals surface area contributed by atoms with Crippen LogP contribution in [0.25, 0.3) is 0 Å². The zero-order valence-corrected chi connectivity index (χ0v) is 9.30. The molecule has 0 aliphatic carbocycles. The summed E-state index contributed by atoms with van der Waals surface area (Å²) in [6.45, 7) is 0. The van der Waals surface area contributed by atoms with Gasteiger partial charge in [-0.25, -0.2) is 0 Å². The summed E-state index contributed by atoms with van der Waals surface area (Å²) in [5, 5.41) is 0. The van der Waals surface area contributed by atoms with Gasteiger partial charge in [-0.05, 0) is 12.1 Å². The van der Waals surface area contributed by atoms with Crippen molar-refractivity contribution >= 4 is 22.9 Å². The highest BCUT2D eigenvalue weighted by atomic mass is 32.1. The van der Waals surface area contributed by atoms with Gasteiger partial charge in [-0.3, -0.25) is 0 Å². The lowest BCUT2D eigenvalue weighted by Crippen LogP contribution is -2.19. The van der Waals surface area contributed by atoms with E-state index in [2.05, 4.69) is 12.2 Å². The van der Waals surface area contributed by atoms with Crippen molar-refractivity contribution in [3.05, 3.63) is 28.8 Å². The Hall–Kier alpha value is -1.51. The van der Waals surface area contributed by atoms with Crippen LogP contribution < -0.4 is 11.5 Å². The maximum Gasteiger partial charge on any atom is 0.418 e. The molecule has 0 bridgehead atoms. The van der Waals surface area contributed by atoms with Crippen LogP contribution in [0.5, 0.6) is 0 Å². The Balaban J connectivity index is 3.63. The molecule has 0 spiro atoms. The number of thiocarbonyl (C=S) groups is 1. The summed E-state index contributed by atoms with van der Waals surface area (Å²) >= 11 is 4.38. The molecule has 0 heterocycles. The van der Waals surface area contributed by atoms with Gasteiger partial charge in [0, 0.05) is 5.56 Å². The zero-order valence-electron chi connectivity index (χ0n) is 8.49. The van der Waals surface area contributed by atoms with E-state index in [-0.39, 0.29) is 6.07 Å². The van der Waals surface area contributed by atoms with E-state index in [1.807, 2.05) is 0 Å². The molecule has 4 N–H and O–H groups in total. The molecule has 1 rings (SSSR count). The van der Waals surface area contributed by atoms with Crippen molar-refractivity contribution in [2.75, 3.05) is 5.73 Å². The largest absolute Gasteiger partial charge is 0.418 e. The number of hydrogen-bond donors (Lipinski definition) is 2. The Kier molecular flexibility index (Phi) is 3.48. The summed E-state index contributed by atoms with van der Waals surface area (Å²) in [5.74, 6) is 0. The van der Waals surface area contributed by atoms with Crippen molar-refractivity contribution in [2.45, 2.75) is 12.4 Å². The first-order valence-corrected chi connectivity index (χ1v) is 4.73. The van der Waals surface area contributed by atoms with Gasteiger partial charge < -0.3 is 11.5 Å². The molecule has 100 valence electrons. The summed E-state index contributed by atoms with van der Waals surface area (Å²) in [4.78, 5) is -0.635. The van der Waals surface area contributed by atoms with Gasteiger partial charge in [-0.1, -0.05) is 12.2 Å². The van der Waals surface area contributed by atoms with Crippen LogP contribution in [0.1, 0.15) is 16.7 Å². The number of hydrogen-bond acceptors (Lipinski definition) is 2. The van der Waals surface area contributed by atoms with E-state index in [1.54, 1.807) is 0 Å². The molecule has 0 atom stereocenters. The Morgan fingerprint density at radius 3 is 1.83 bits per heavy atom. The summed E-state index contributed by atoms with van der Waals surface area (Å²) < 4.78 is 74.9. The maximum atomic E-state index is 12.5. The van der Waals surface area contributed by atoms with Crippen molar-refractivity contribution in [1.82, 2.24) is 0 Å². The van der Waals surface area contributed by atoms with E-state index >= 15 is 0 Å². The molecule has 18 heavy (non-hydrogen) atoms. The lowest BCUT2D eigenvalue weighted by Gasteiger charge is -2.16. The highest BCUT2D eigenvalue weighted by molar-refractivity contribution is 7.80. The number of nitrogen functional groups attached to an aromatic ring is 1. The van der Waals surface area contributed by atoms with Gasteiger partial charge in [0.1, 0.15) is 4.99 Å². The molecule has 0 saturated heterocycles. The molecule has 0 amide bonds. The van der Waals surface area contributed by atoms with E-state index in [0.29, 0.717) is 6.07 Å². The van der Waals surface area contributed by atoms with E-state index in [4.69, 9.17) is 11.5 Å². The first kappa shape index (κ1) is 14.6. The molecule has 2 nitrogen and oxygen atoms in total. The fraction of sp³-hybridized carbons (Fsp3) is 0.222. The minimum Gasteiger partial charge on any atom is -0.398 e. The van der Waals surface area contributed by atoms with Gasteiger partial charge in [0.15, 0.2) is 0 Å². The van der Waals surface area contributed by atoms with Crippen LogP contribution in [0.15, 0.2) is 12.1 Å². The minimum atomic E-state index is -5.02. The van der Waals surface area contributed by atoms with E-state index in [0.717, 1.165) is 0 Å². The molecular weight excluding hydrogens is 282 g/mol. The normalized spacial score (nSPS) is 12.6. The average Bonchev–Trinajstić information content (AvgIpc) is 2.13. The fourth-order valence-electron chi connectivity index (χ4n) is 1.26. The summed E-state index contributed by atoms with van der Waals surface area (Å²) in [7, 11) is 0. The van der Waals surface area contributed by atoms with Crippen molar-refractivity contribution in [3.8, 4) is 0 Å². The summed E-state index contributed by atoms with van der Waals surface area (Å²) in [6.07, 6.45) is -9.97. The van der Waals surface area contributed by atoms with Crippen LogP contribution in [-0.2, 0) is 12.4 Å². The first-order valence-electron chi connectivity index (χ1n) is 4.32. The smallest absolute Gasteiger partial charge is 0.398 e. The molecule has 1 aromatic carbocycles. The average molecular weight is 288 g/mol. The molecule has 0 fully saturated rings. The van der Waals surface area contributed by atoms with Gasteiger partial charge in [0.2, 0.25) is 0 Å². The van der Waals surface area contributed by atoms with E-state index < -0.39 is 39.7 Å². The van der Waals surface area contributed by atoms with E-state index in [9.17, 15) is 26.3 Å². The highest BCUT2D eigenvalue weighted by Crippen LogP contribution is 2.40. The molecule has 1 aromatic rings. The molecular formula is C9H6F6N2S. The predicted molar refractivity (Wildman–Crippen MR) is 56.7 cm³/mol. The third-order valence-electron chi connectivity index (χ3n) is 2.08. The second-order valence-corrected chi connectivity index (χ2v) is 3.78. The van der Waals surface area contributed by atoms with Gasteiger partial charge in [0.05, 0.1) is 16.8 Å². The van der Waals surface area contributed by atoms with Crippen molar-refractivity contribution in [3.63, 3.8) is 0 Å². The summed E-state index contributed by atoms with van der Waals surface area (Å²) in [5.41, 5.74) is 5.50. The van der Waals surface area contributed by atoms with Crippen molar-refractivity contribution in [1.29, 1.82) is 0 Å². The predicted octanol–water partition coefficient (Wildman–Crippen LogP) is 2.94. The third kappa shape index (κ3) is 2.84. The van der Waals surface area contributed by atoms with Crippen LogP contribution in [0.4, 0.5) is 32.0 Å². The second kappa shape index (κ2) is 4.30. The number of alkyl halides is 6. The van der Waals surface area contributed by atoms with Crippen LogP contribution in [0.2, 0.25) is 0 Å². The topological polar surface area (TPSA) is 52.0 Å². The van der Waals surface area contributed by atoms with Gasteiger partial charge in [-0.2, -0.15) is 26.3 Å². The Labute approximate surface area is 103 Å².